The van der Waals surface area contributed by atoms with Crippen molar-refractivity contribution in [2.75, 3.05) is 6.61 Å². The lowest BCUT2D eigenvalue weighted by atomic mass is 10.3. The zero-order valence-electron chi connectivity index (χ0n) is 12.5. The smallest absolute Gasteiger partial charge is 0.344 e. The number of ether oxygens (including phenoxy) is 1. The second-order valence-electron chi connectivity index (χ2n) is 5.10. The van der Waals surface area contributed by atoms with Crippen LogP contribution in [0.1, 0.15) is 25.6 Å². The minimum absolute atomic E-state index is 0.0130. The van der Waals surface area contributed by atoms with E-state index in [0.29, 0.717) is 5.56 Å². The predicted octanol–water partition coefficient (Wildman–Crippen LogP) is 1.51. The third-order valence-electron chi connectivity index (χ3n) is 2.87. The Hall–Kier alpha value is -1.18. The molecule has 1 aliphatic rings. The van der Waals surface area contributed by atoms with Gasteiger partial charge in [-0.3, -0.25) is 14.3 Å². The van der Waals surface area contributed by atoms with E-state index < -0.39 is 24.6 Å². The summed E-state index contributed by atoms with van der Waals surface area (Å²) in [4.78, 5) is 25.4. The monoisotopic (exact) mass is 345 g/mol. The summed E-state index contributed by atoms with van der Waals surface area (Å²) in [6, 6.07) is 0. The van der Waals surface area contributed by atoms with Gasteiger partial charge in [0.05, 0.1) is 0 Å². The lowest BCUT2D eigenvalue weighted by Gasteiger charge is -2.15. The molecule has 0 bridgehead atoms. The van der Waals surface area contributed by atoms with Crippen LogP contribution in [0, 0.1) is 6.92 Å². The van der Waals surface area contributed by atoms with Crippen molar-refractivity contribution in [1.82, 2.24) is 9.55 Å². The van der Waals surface area contributed by atoms with Crippen LogP contribution < -0.4 is 11.2 Å². The van der Waals surface area contributed by atoms with Crippen molar-refractivity contribution in [1.29, 1.82) is 0 Å². The lowest BCUT2D eigenvalue weighted by Crippen LogP contribution is -2.33. The van der Waals surface area contributed by atoms with Crippen LogP contribution in [0.4, 0.5) is 0 Å². The van der Waals surface area contributed by atoms with Gasteiger partial charge in [-0.15, -0.1) is 9.05 Å². The van der Waals surface area contributed by atoms with Gasteiger partial charge in [0.15, 0.2) is 6.23 Å². The third-order valence-corrected chi connectivity index (χ3v) is 4.39. The highest BCUT2D eigenvalue weighted by Crippen LogP contribution is 2.28. The van der Waals surface area contributed by atoms with Gasteiger partial charge in [0.1, 0.15) is 18.8 Å². The van der Waals surface area contributed by atoms with Gasteiger partial charge in [-0.25, -0.2) is 4.79 Å². The molecule has 0 aromatic carbocycles. The molecule has 1 unspecified atom stereocenters. The molecule has 3 atom stereocenters. The van der Waals surface area contributed by atoms with Crippen LogP contribution in [0.25, 0.3) is 0 Å². The Morgan fingerprint density at radius 3 is 2.86 bits per heavy atom. The zero-order valence-corrected chi connectivity index (χ0v) is 14.2. The lowest BCUT2D eigenvalue weighted by molar-refractivity contribution is -0.00557. The molecule has 0 amide bonds. The van der Waals surface area contributed by atoms with Crippen LogP contribution in [-0.4, -0.2) is 28.4 Å². The number of hydrogen-bond acceptors (Lipinski definition) is 6. The van der Waals surface area contributed by atoms with Gasteiger partial charge in [-0.2, -0.15) is 0 Å². The first kappa shape index (κ1) is 17.2. The third kappa shape index (κ3) is 4.41. The molecule has 7 nitrogen and oxygen atoms in total. The van der Waals surface area contributed by atoms with Crippen LogP contribution in [-0.2, 0) is 25.6 Å². The molecule has 120 valence electrons. The second-order valence-corrected chi connectivity index (χ2v) is 6.91. The standard InChI is InChI=1S/C13H17N2O5PS/c1-8(2)20-21(22)18-7-10-4-5-11(19-10)15-6-9(3)12(16)14-13(15)17/h4-6,8,10-11H,7H2,1-3H3/p+1/t10-,11+/m0/s1. The molecule has 0 aliphatic carbocycles. The van der Waals surface area contributed by atoms with E-state index >= 15 is 0 Å². The summed E-state index contributed by atoms with van der Waals surface area (Å²) in [6.07, 6.45) is 4.14. The molecule has 22 heavy (non-hydrogen) atoms. The highest BCUT2D eigenvalue weighted by Gasteiger charge is 2.26. The molecule has 2 heterocycles. The Morgan fingerprint density at radius 1 is 1.45 bits per heavy atom. The highest BCUT2D eigenvalue weighted by molar-refractivity contribution is 8.00. The maximum Gasteiger partial charge on any atom is 0.522 e. The van der Waals surface area contributed by atoms with Crippen molar-refractivity contribution in [2.24, 2.45) is 0 Å². The van der Waals surface area contributed by atoms with E-state index in [1.807, 2.05) is 13.8 Å². The molecule has 1 N–H and O–H groups in total. The maximum atomic E-state index is 11.8. The highest BCUT2D eigenvalue weighted by atomic mass is 32.4. The van der Waals surface area contributed by atoms with E-state index in [2.05, 4.69) is 4.98 Å². The fraction of sp³-hybridized carbons (Fsp3) is 0.538. The van der Waals surface area contributed by atoms with E-state index in [0.717, 1.165) is 0 Å². The van der Waals surface area contributed by atoms with Gasteiger partial charge in [-0.1, -0.05) is 6.08 Å². The number of aromatic nitrogens is 2. The van der Waals surface area contributed by atoms with Gasteiger partial charge in [0.25, 0.3) is 5.56 Å². The molecule has 1 aromatic heterocycles. The normalized spacial score (nSPS) is 21.5. The second kappa shape index (κ2) is 7.39. The molecule has 1 aliphatic heterocycles. The van der Waals surface area contributed by atoms with Crippen molar-refractivity contribution in [3.8, 4) is 0 Å². The van der Waals surface area contributed by atoms with Gasteiger partial charge in [0.2, 0.25) is 11.8 Å². The molecule has 1 aromatic rings. The van der Waals surface area contributed by atoms with Crippen LogP contribution >= 0.6 is 7.15 Å². The number of aryl methyl sites for hydroxylation is 1. The first-order valence-electron chi connectivity index (χ1n) is 6.79. The van der Waals surface area contributed by atoms with Gasteiger partial charge < -0.3 is 4.74 Å². The molecule has 0 radical (unpaired) electrons. The summed E-state index contributed by atoms with van der Waals surface area (Å²) in [5.41, 5.74) is -0.470. The van der Waals surface area contributed by atoms with E-state index in [9.17, 15) is 9.59 Å². The Balaban J connectivity index is 1.95. The number of rotatable bonds is 6. The first-order chi connectivity index (χ1) is 10.4. The molecule has 0 fully saturated rings. The van der Waals surface area contributed by atoms with Crippen LogP contribution in [0.3, 0.4) is 0 Å². The Morgan fingerprint density at radius 2 is 2.18 bits per heavy atom. The van der Waals surface area contributed by atoms with E-state index in [1.165, 1.54) is 10.8 Å². The molecular weight excluding hydrogens is 327 g/mol. The van der Waals surface area contributed by atoms with Gasteiger partial charge in [0, 0.05) is 11.8 Å². The molecular formula is C13H18N2O5PS+. The summed E-state index contributed by atoms with van der Waals surface area (Å²) in [6.45, 7) is 5.66. The Kier molecular flexibility index (Phi) is 5.77. The fourth-order valence-electron chi connectivity index (χ4n) is 1.85. The summed E-state index contributed by atoms with van der Waals surface area (Å²) < 4.78 is 17.8. The minimum Gasteiger partial charge on any atom is -0.344 e. The predicted molar refractivity (Wildman–Crippen MR) is 85.6 cm³/mol. The van der Waals surface area contributed by atoms with Crippen molar-refractivity contribution < 1.29 is 13.8 Å². The molecule has 0 saturated heterocycles. The summed E-state index contributed by atoms with van der Waals surface area (Å²) in [5, 5.41) is 0. The summed E-state index contributed by atoms with van der Waals surface area (Å²) >= 11 is 5.07. The van der Waals surface area contributed by atoms with Gasteiger partial charge >= 0.3 is 12.8 Å². The molecule has 9 heteroatoms. The van der Waals surface area contributed by atoms with Crippen molar-refractivity contribution >= 4 is 19.0 Å². The Labute approximate surface area is 133 Å². The number of H-pyrrole nitrogens is 1. The SMILES string of the molecule is Cc1cn([C@H]2C=C[C@@H](CO[P+](=S)OC(C)C)O2)c(=O)[nH]c1=O. The summed E-state index contributed by atoms with van der Waals surface area (Å²) in [5.74, 6) is 0. The average molecular weight is 345 g/mol. The first-order valence-corrected chi connectivity index (χ1v) is 8.98. The van der Waals surface area contributed by atoms with E-state index in [4.69, 9.17) is 25.6 Å². The number of aromatic amines is 1. The fourth-order valence-corrected chi connectivity index (χ4v) is 3.23. The van der Waals surface area contributed by atoms with Crippen LogP contribution in [0.15, 0.2) is 27.9 Å². The maximum absolute atomic E-state index is 11.8. The quantitative estimate of drug-likeness (QED) is 0.622. The molecule has 0 saturated carbocycles. The van der Waals surface area contributed by atoms with Crippen molar-refractivity contribution in [2.45, 2.75) is 39.2 Å². The molecule has 0 spiro atoms. The number of hydrogen-bond donors (Lipinski definition) is 1. The van der Waals surface area contributed by atoms with Gasteiger partial charge in [-0.05, 0) is 26.8 Å². The zero-order chi connectivity index (χ0) is 16.3. The largest absolute Gasteiger partial charge is 0.522 e. The number of nitrogens with zero attached hydrogens (tertiary/aromatic N) is 1. The van der Waals surface area contributed by atoms with Crippen LogP contribution in [0.2, 0.25) is 0 Å². The van der Waals surface area contributed by atoms with Crippen LogP contribution in [0.5, 0.6) is 0 Å². The topological polar surface area (TPSA) is 82.6 Å². The minimum atomic E-state index is -1.37. The van der Waals surface area contributed by atoms with Crippen molar-refractivity contribution in [3.05, 3.63) is 44.8 Å². The summed E-state index contributed by atoms with van der Waals surface area (Å²) in [7, 11) is -1.37. The Bertz CT molecular complexity index is 696. The number of nitrogens with one attached hydrogen (secondary N) is 1. The van der Waals surface area contributed by atoms with E-state index in [1.54, 1.807) is 19.1 Å². The average Bonchev–Trinajstić information content (AvgIpc) is 2.88. The van der Waals surface area contributed by atoms with E-state index in [-0.39, 0.29) is 18.8 Å². The molecule has 2 rings (SSSR count). The van der Waals surface area contributed by atoms with Crippen molar-refractivity contribution in [3.63, 3.8) is 0 Å².